The number of alkyl halides is 3. The predicted molar refractivity (Wildman–Crippen MR) is 87.3 cm³/mol. The largest absolute Gasteiger partial charge is 0.417 e. The Morgan fingerprint density at radius 1 is 1.09 bits per heavy atom. The van der Waals surface area contributed by atoms with Crippen molar-refractivity contribution in [2.45, 2.75) is 11.1 Å². The van der Waals surface area contributed by atoms with Crippen LogP contribution in [0.15, 0.2) is 47.4 Å². The molecule has 0 spiro atoms. The monoisotopic (exact) mass is 379 g/mol. The van der Waals surface area contributed by atoms with Crippen molar-refractivity contribution in [3.8, 4) is 0 Å². The summed E-state index contributed by atoms with van der Waals surface area (Å²) in [7, 11) is 0. The summed E-state index contributed by atoms with van der Waals surface area (Å²) in [6, 6.07) is 10.2. The van der Waals surface area contributed by atoms with Gasteiger partial charge in [0.15, 0.2) is 0 Å². The number of halogens is 5. The van der Waals surface area contributed by atoms with Crippen molar-refractivity contribution in [3.05, 3.63) is 58.1 Å². The first kappa shape index (κ1) is 18.0. The van der Waals surface area contributed by atoms with Crippen molar-refractivity contribution >= 4 is 46.6 Å². The predicted octanol–water partition coefficient (Wildman–Crippen LogP) is 5.74. The molecule has 0 radical (unpaired) electrons. The Labute approximate surface area is 145 Å². The van der Waals surface area contributed by atoms with Crippen LogP contribution in [0.1, 0.15) is 5.56 Å². The highest BCUT2D eigenvalue weighted by atomic mass is 35.5. The normalized spacial score (nSPS) is 11.3. The fourth-order valence-corrected chi connectivity index (χ4v) is 2.85. The number of anilines is 1. The van der Waals surface area contributed by atoms with Crippen molar-refractivity contribution in [2.24, 2.45) is 0 Å². The van der Waals surface area contributed by atoms with E-state index in [0.29, 0.717) is 15.6 Å². The van der Waals surface area contributed by atoms with Gasteiger partial charge in [0.1, 0.15) is 0 Å². The van der Waals surface area contributed by atoms with Gasteiger partial charge in [-0.25, -0.2) is 0 Å². The van der Waals surface area contributed by atoms with Crippen molar-refractivity contribution in [3.63, 3.8) is 0 Å². The Balaban J connectivity index is 2.01. The molecule has 0 aliphatic rings. The number of para-hydroxylation sites is 1. The minimum Gasteiger partial charge on any atom is -0.324 e. The maximum Gasteiger partial charge on any atom is 0.417 e. The number of nitrogens with one attached hydrogen (secondary N) is 1. The van der Waals surface area contributed by atoms with E-state index in [1.165, 1.54) is 12.1 Å². The molecule has 0 saturated heterocycles. The lowest BCUT2D eigenvalue weighted by atomic mass is 10.2. The summed E-state index contributed by atoms with van der Waals surface area (Å²) in [5, 5.41) is 2.61. The number of rotatable bonds is 4. The van der Waals surface area contributed by atoms with Gasteiger partial charge in [-0.2, -0.15) is 13.2 Å². The van der Waals surface area contributed by atoms with E-state index in [4.69, 9.17) is 23.2 Å². The molecule has 0 aromatic heterocycles. The van der Waals surface area contributed by atoms with Crippen LogP contribution >= 0.6 is 35.0 Å². The van der Waals surface area contributed by atoms with Gasteiger partial charge in [-0.05, 0) is 30.3 Å². The Morgan fingerprint density at radius 2 is 1.78 bits per heavy atom. The van der Waals surface area contributed by atoms with Gasteiger partial charge in [-0.1, -0.05) is 35.3 Å². The molecule has 23 heavy (non-hydrogen) atoms. The van der Waals surface area contributed by atoms with E-state index in [2.05, 4.69) is 5.32 Å². The molecular weight excluding hydrogens is 370 g/mol. The average molecular weight is 380 g/mol. The zero-order valence-electron chi connectivity index (χ0n) is 11.5. The lowest BCUT2D eigenvalue weighted by Crippen LogP contribution is -2.14. The van der Waals surface area contributed by atoms with Crippen molar-refractivity contribution in [1.29, 1.82) is 0 Å². The summed E-state index contributed by atoms with van der Waals surface area (Å²) >= 11 is 12.4. The summed E-state index contributed by atoms with van der Waals surface area (Å²) in [5.74, 6) is -0.420. The molecule has 2 aromatic rings. The van der Waals surface area contributed by atoms with E-state index in [1.807, 2.05) is 0 Å². The number of benzene rings is 2. The molecule has 2 nitrogen and oxygen atoms in total. The summed E-state index contributed by atoms with van der Waals surface area (Å²) in [5.41, 5.74) is -0.470. The zero-order chi connectivity index (χ0) is 17.0. The number of amides is 1. The molecule has 0 fully saturated rings. The highest BCUT2D eigenvalue weighted by Gasteiger charge is 2.33. The summed E-state index contributed by atoms with van der Waals surface area (Å²) in [6.07, 6.45) is -4.53. The molecule has 0 bridgehead atoms. The Kier molecular flexibility index (Phi) is 5.84. The second-order valence-corrected chi connectivity index (χ2v) is 6.32. The third-order valence-electron chi connectivity index (χ3n) is 2.76. The van der Waals surface area contributed by atoms with Crippen molar-refractivity contribution in [2.75, 3.05) is 11.1 Å². The fourth-order valence-electron chi connectivity index (χ4n) is 1.71. The number of hydrogen-bond donors (Lipinski definition) is 1. The average Bonchev–Trinajstić information content (AvgIpc) is 2.47. The molecule has 0 heterocycles. The highest BCUT2D eigenvalue weighted by Crippen LogP contribution is 2.37. The molecule has 0 atom stereocenters. The van der Waals surface area contributed by atoms with Crippen LogP contribution in [0, 0.1) is 0 Å². The van der Waals surface area contributed by atoms with Gasteiger partial charge in [-0.15, -0.1) is 11.8 Å². The van der Waals surface area contributed by atoms with Gasteiger partial charge < -0.3 is 5.32 Å². The summed E-state index contributed by atoms with van der Waals surface area (Å²) in [4.78, 5) is 12.1. The maximum absolute atomic E-state index is 12.8. The van der Waals surface area contributed by atoms with Crippen LogP contribution in [0.4, 0.5) is 18.9 Å². The first-order valence-electron chi connectivity index (χ1n) is 6.31. The maximum atomic E-state index is 12.8. The van der Waals surface area contributed by atoms with Crippen LogP contribution < -0.4 is 5.32 Å². The van der Waals surface area contributed by atoms with Gasteiger partial charge in [0.05, 0.1) is 27.0 Å². The molecule has 0 saturated carbocycles. The quantitative estimate of drug-likeness (QED) is 0.685. The fraction of sp³-hybridized carbons (Fsp3) is 0.133. The Bertz CT molecular complexity index is 722. The lowest BCUT2D eigenvalue weighted by Gasteiger charge is -2.11. The molecule has 1 N–H and O–H groups in total. The second-order valence-electron chi connectivity index (χ2n) is 4.46. The molecule has 0 aliphatic heterocycles. The molecule has 0 aliphatic carbocycles. The number of carbonyl (C=O) groups excluding carboxylic acids is 1. The van der Waals surface area contributed by atoms with Gasteiger partial charge in [-0.3, -0.25) is 4.79 Å². The molecule has 1 amide bonds. The third kappa shape index (κ3) is 5.06. The minimum atomic E-state index is -4.53. The van der Waals surface area contributed by atoms with Crippen LogP contribution in [0.3, 0.4) is 0 Å². The Hall–Kier alpha value is -1.37. The summed E-state index contributed by atoms with van der Waals surface area (Å²) < 4.78 is 38.3. The lowest BCUT2D eigenvalue weighted by molar-refractivity contribution is -0.137. The van der Waals surface area contributed by atoms with Crippen LogP contribution in [0.5, 0.6) is 0 Å². The van der Waals surface area contributed by atoms with Crippen LogP contribution in [0.2, 0.25) is 10.0 Å². The third-order valence-corrected chi connectivity index (χ3v) is 4.41. The first-order chi connectivity index (χ1) is 10.8. The molecule has 122 valence electrons. The molecule has 2 rings (SSSR count). The smallest absolute Gasteiger partial charge is 0.324 e. The van der Waals surface area contributed by atoms with Crippen molar-refractivity contribution < 1.29 is 18.0 Å². The number of hydrogen-bond acceptors (Lipinski definition) is 2. The number of carbonyl (C=O) groups is 1. The van der Waals surface area contributed by atoms with E-state index in [0.717, 1.165) is 17.8 Å². The number of thioether (sulfide) groups is 1. The van der Waals surface area contributed by atoms with E-state index in [9.17, 15) is 18.0 Å². The van der Waals surface area contributed by atoms with E-state index in [1.54, 1.807) is 24.3 Å². The van der Waals surface area contributed by atoms with E-state index < -0.39 is 11.7 Å². The zero-order valence-corrected chi connectivity index (χ0v) is 13.8. The van der Waals surface area contributed by atoms with Crippen molar-refractivity contribution in [1.82, 2.24) is 0 Å². The molecular formula is C15H10Cl2F3NOS. The van der Waals surface area contributed by atoms with Gasteiger partial charge in [0, 0.05) is 4.90 Å². The summed E-state index contributed by atoms with van der Waals surface area (Å²) in [6.45, 7) is 0. The second kappa shape index (κ2) is 7.47. The van der Waals surface area contributed by atoms with Gasteiger partial charge >= 0.3 is 6.18 Å². The van der Waals surface area contributed by atoms with Gasteiger partial charge in [0.2, 0.25) is 5.91 Å². The molecule has 2 aromatic carbocycles. The van der Waals surface area contributed by atoms with Crippen LogP contribution in [-0.2, 0) is 11.0 Å². The topological polar surface area (TPSA) is 29.1 Å². The minimum absolute atomic E-state index is 0.0514. The highest BCUT2D eigenvalue weighted by molar-refractivity contribution is 8.00. The van der Waals surface area contributed by atoms with E-state index >= 15 is 0 Å². The SMILES string of the molecule is O=C(CSc1ccc(Cl)c(C(F)(F)F)c1)Nc1ccccc1Cl. The van der Waals surface area contributed by atoms with Crippen LogP contribution in [0.25, 0.3) is 0 Å². The van der Waals surface area contributed by atoms with Crippen LogP contribution in [-0.4, -0.2) is 11.7 Å². The Morgan fingerprint density at radius 3 is 2.43 bits per heavy atom. The van der Waals surface area contributed by atoms with E-state index in [-0.39, 0.29) is 16.7 Å². The molecule has 0 unspecified atom stereocenters. The standard InChI is InChI=1S/C15H10Cl2F3NOS/c16-11-6-5-9(7-10(11)15(18,19)20)23-8-14(22)21-13-4-2-1-3-12(13)17/h1-7H,8H2,(H,21,22). The van der Waals surface area contributed by atoms with Gasteiger partial charge in [0.25, 0.3) is 0 Å². The first-order valence-corrected chi connectivity index (χ1v) is 8.05. The molecule has 8 heteroatoms.